The molecule has 0 unspecified atom stereocenters. The second kappa shape index (κ2) is 8.02. The Kier molecular flexibility index (Phi) is 6.25. The summed E-state index contributed by atoms with van der Waals surface area (Å²) < 4.78 is 30.1. The summed E-state index contributed by atoms with van der Waals surface area (Å²) in [7, 11) is -3.82. The highest BCUT2D eigenvalue weighted by molar-refractivity contribution is 7.90. The van der Waals surface area contributed by atoms with E-state index in [9.17, 15) is 8.42 Å². The number of rotatable bonds is 5. The first-order valence-electron chi connectivity index (χ1n) is 8.21. The van der Waals surface area contributed by atoms with E-state index < -0.39 is 10.0 Å². The third-order valence-corrected chi connectivity index (χ3v) is 5.65. The van der Waals surface area contributed by atoms with Gasteiger partial charge in [-0.25, -0.2) is 0 Å². The number of benzene rings is 2. The first-order chi connectivity index (χ1) is 11.8. The van der Waals surface area contributed by atoms with Gasteiger partial charge in [-0.1, -0.05) is 23.7 Å². The lowest BCUT2D eigenvalue weighted by atomic mass is 10.2. The molecule has 0 aliphatic carbocycles. The fourth-order valence-electron chi connectivity index (χ4n) is 2.56. The van der Waals surface area contributed by atoms with Crippen molar-refractivity contribution in [2.45, 2.75) is 32.6 Å². The van der Waals surface area contributed by atoms with E-state index in [1.807, 2.05) is 31.7 Å². The maximum atomic E-state index is 13.0. The number of hydrogen-bond acceptors (Lipinski definition) is 2. The number of aryl methyl sites for hydroxylation is 2. The molecule has 0 amide bonds. The molecule has 2 rings (SSSR count). The predicted molar refractivity (Wildman–Crippen MR) is 104 cm³/mol. The van der Waals surface area contributed by atoms with Gasteiger partial charge in [0.05, 0.1) is 4.90 Å². The Labute approximate surface area is 155 Å². The van der Waals surface area contributed by atoms with E-state index in [1.54, 1.807) is 43.3 Å². The smallest absolute Gasteiger partial charge is 0.284 e. The topological polar surface area (TPSA) is 49.7 Å². The number of amidine groups is 1. The quantitative estimate of drug-likeness (QED) is 0.571. The van der Waals surface area contributed by atoms with E-state index in [1.165, 1.54) is 0 Å². The van der Waals surface area contributed by atoms with Crippen LogP contribution in [0.1, 0.15) is 30.5 Å². The Hall–Kier alpha value is -1.85. The third kappa shape index (κ3) is 4.61. The highest BCUT2D eigenvalue weighted by atomic mass is 35.5. The van der Waals surface area contributed by atoms with Gasteiger partial charge in [0.25, 0.3) is 10.0 Å². The molecular formula is C19H23ClN2O2S. The summed E-state index contributed by atoms with van der Waals surface area (Å²) in [5.74, 6) is 0.433. The number of hydrogen-bond donors (Lipinski definition) is 0. The zero-order valence-corrected chi connectivity index (χ0v) is 16.5. The van der Waals surface area contributed by atoms with Crippen LogP contribution in [-0.4, -0.2) is 32.2 Å². The average molecular weight is 379 g/mol. The molecule has 134 valence electrons. The lowest BCUT2D eigenvalue weighted by molar-refractivity contribution is 0.467. The van der Waals surface area contributed by atoms with E-state index in [4.69, 9.17) is 11.6 Å². The molecule has 0 aromatic heterocycles. The Morgan fingerprint density at radius 2 is 1.64 bits per heavy atom. The highest BCUT2D eigenvalue weighted by Crippen LogP contribution is 2.21. The summed E-state index contributed by atoms with van der Waals surface area (Å²) in [6, 6.07) is 12.4. The zero-order chi connectivity index (χ0) is 18.6. The van der Waals surface area contributed by atoms with Crippen LogP contribution in [0, 0.1) is 13.8 Å². The summed E-state index contributed by atoms with van der Waals surface area (Å²) in [5.41, 5.74) is 2.29. The van der Waals surface area contributed by atoms with Crippen molar-refractivity contribution in [3.05, 3.63) is 64.2 Å². The first-order valence-corrected chi connectivity index (χ1v) is 10.0. The van der Waals surface area contributed by atoms with Gasteiger partial charge in [-0.2, -0.15) is 8.42 Å². The largest absolute Gasteiger partial charge is 0.356 e. The van der Waals surface area contributed by atoms with Gasteiger partial charge in [0.1, 0.15) is 5.84 Å². The van der Waals surface area contributed by atoms with Gasteiger partial charge in [-0.15, -0.1) is 4.40 Å². The molecule has 0 heterocycles. The summed E-state index contributed by atoms with van der Waals surface area (Å²) in [6.45, 7) is 8.90. The molecule has 6 heteroatoms. The van der Waals surface area contributed by atoms with Crippen LogP contribution in [0.5, 0.6) is 0 Å². The molecule has 4 nitrogen and oxygen atoms in total. The van der Waals surface area contributed by atoms with Crippen LogP contribution in [0.25, 0.3) is 0 Å². The summed E-state index contributed by atoms with van der Waals surface area (Å²) in [5, 5.41) is 0.597. The first kappa shape index (κ1) is 19.5. The molecule has 0 aliphatic rings. The van der Waals surface area contributed by atoms with E-state index in [0.29, 0.717) is 29.5 Å². The van der Waals surface area contributed by atoms with Gasteiger partial charge in [0, 0.05) is 23.7 Å². The summed E-state index contributed by atoms with van der Waals surface area (Å²) in [4.78, 5) is 2.16. The minimum absolute atomic E-state index is 0.242. The molecule has 0 aliphatic heterocycles. The predicted octanol–water partition coefficient (Wildman–Crippen LogP) is 4.43. The SMILES string of the molecule is CCN(CC)/C(=N/S(=O)(=O)c1cc(C)ccc1C)c1ccc(Cl)cc1. The van der Waals surface area contributed by atoms with Crippen molar-refractivity contribution in [1.29, 1.82) is 0 Å². The van der Waals surface area contributed by atoms with Crippen molar-refractivity contribution < 1.29 is 8.42 Å². The van der Waals surface area contributed by atoms with Crippen LogP contribution in [0.15, 0.2) is 51.8 Å². The van der Waals surface area contributed by atoms with E-state index in [-0.39, 0.29) is 4.90 Å². The Balaban J connectivity index is 2.63. The molecule has 0 saturated carbocycles. The average Bonchev–Trinajstić information content (AvgIpc) is 2.58. The molecule has 0 radical (unpaired) electrons. The van der Waals surface area contributed by atoms with E-state index >= 15 is 0 Å². The summed E-state index contributed by atoms with van der Waals surface area (Å²) in [6.07, 6.45) is 0. The van der Waals surface area contributed by atoms with Gasteiger partial charge in [0.15, 0.2) is 0 Å². The molecular weight excluding hydrogens is 356 g/mol. The number of nitrogens with zero attached hydrogens (tertiary/aromatic N) is 2. The summed E-state index contributed by atoms with van der Waals surface area (Å²) >= 11 is 5.96. The number of halogens is 1. The molecule has 0 bridgehead atoms. The lowest BCUT2D eigenvalue weighted by Gasteiger charge is -2.23. The minimum atomic E-state index is -3.82. The molecule has 2 aromatic rings. The van der Waals surface area contributed by atoms with E-state index in [0.717, 1.165) is 11.1 Å². The molecule has 0 N–H and O–H groups in total. The van der Waals surface area contributed by atoms with Crippen LogP contribution in [-0.2, 0) is 10.0 Å². The van der Waals surface area contributed by atoms with Crippen LogP contribution in [0.3, 0.4) is 0 Å². The normalized spacial score (nSPS) is 12.3. The van der Waals surface area contributed by atoms with Gasteiger partial charge < -0.3 is 4.90 Å². The molecule has 0 spiro atoms. The van der Waals surface area contributed by atoms with Gasteiger partial charge in [-0.3, -0.25) is 0 Å². The van der Waals surface area contributed by atoms with Crippen LogP contribution in [0.2, 0.25) is 5.02 Å². The standard InChI is InChI=1S/C19H23ClN2O2S/c1-5-22(6-2)19(16-9-11-17(20)12-10-16)21-25(23,24)18-13-14(3)7-8-15(18)4/h7-13H,5-6H2,1-4H3/b21-19+. The fourth-order valence-corrected chi connectivity index (χ4v) is 4.05. The second-order valence-electron chi connectivity index (χ2n) is 5.84. The Morgan fingerprint density at radius 3 is 2.20 bits per heavy atom. The maximum absolute atomic E-state index is 13.0. The number of sulfonamides is 1. The van der Waals surface area contributed by atoms with E-state index in [2.05, 4.69) is 4.40 Å². The van der Waals surface area contributed by atoms with Crippen LogP contribution in [0.4, 0.5) is 0 Å². The van der Waals surface area contributed by atoms with Crippen LogP contribution >= 0.6 is 11.6 Å². The molecule has 0 atom stereocenters. The van der Waals surface area contributed by atoms with Crippen molar-refractivity contribution in [1.82, 2.24) is 4.90 Å². The zero-order valence-electron chi connectivity index (χ0n) is 15.0. The van der Waals surface area contributed by atoms with Gasteiger partial charge in [0.2, 0.25) is 0 Å². The van der Waals surface area contributed by atoms with Crippen molar-refractivity contribution in [2.24, 2.45) is 4.40 Å². The van der Waals surface area contributed by atoms with Gasteiger partial charge in [-0.05, 0) is 69.2 Å². The molecule has 0 fully saturated rings. The molecule has 25 heavy (non-hydrogen) atoms. The third-order valence-electron chi connectivity index (χ3n) is 3.99. The van der Waals surface area contributed by atoms with Crippen molar-refractivity contribution in [2.75, 3.05) is 13.1 Å². The minimum Gasteiger partial charge on any atom is -0.356 e. The van der Waals surface area contributed by atoms with Crippen molar-refractivity contribution in [3.8, 4) is 0 Å². The Bertz CT molecular complexity index is 871. The monoisotopic (exact) mass is 378 g/mol. The highest BCUT2D eigenvalue weighted by Gasteiger charge is 2.20. The van der Waals surface area contributed by atoms with Gasteiger partial charge >= 0.3 is 0 Å². The van der Waals surface area contributed by atoms with Crippen molar-refractivity contribution >= 4 is 27.5 Å². The lowest BCUT2D eigenvalue weighted by Crippen LogP contribution is -2.32. The Morgan fingerprint density at radius 1 is 1.04 bits per heavy atom. The molecule has 0 saturated heterocycles. The van der Waals surface area contributed by atoms with Crippen molar-refractivity contribution in [3.63, 3.8) is 0 Å². The fraction of sp³-hybridized carbons (Fsp3) is 0.316. The maximum Gasteiger partial charge on any atom is 0.284 e. The van der Waals surface area contributed by atoms with Crippen LogP contribution < -0.4 is 0 Å². The second-order valence-corrected chi connectivity index (χ2v) is 7.85. The molecule has 2 aromatic carbocycles.